The smallest absolute Gasteiger partial charge is 0.247 e. The number of carbonyl (C=O) groups excluding carboxylic acids is 1. The van der Waals surface area contributed by atoms with Gasteiger partial charge in [0.2, 0.25) is 11.6 Å². The minimum absolute atomic E-state index is 0.248. The molecule has 2 N–H and O–H groups in total. The molecule has 5 rings (SSSR count). The number of rotatable bonds is 10. The molecule has 1 atom stereocenters. The monoisotopic (exact) mass is 508 g/mol. The van der Waals surface area contributed by atoms with Crippen LogP contribution in [-0.4, -0.2) is 22.5 Å². The van der Waals surface area contributed by atoms with Crippen molar-refractivity contribution >= 4 is 28.5 Å². The number of benzene rings is 3. The maximum Gasteiger partial charge on any atom is 0.247 e. The summed E-state index contributed by atoms with van der Waals surface area (Å²) in [5.74, 6) is 0.0137. The van der Waals surface area contributed by atoms with E-state index >= 15 is 0 Å². The van der Waals surface area contributed by atoms with Gasteiger partial charge in [0.05, 0.1) is 24.6 Å². The third kappa shape index (κ3) is 5.77. The summed E-state index contributed by atoms with van der Waals surface area (Å²) >= 11 is 0. The van der Waals surface area contributed by atoms with E-state index in [1.807, 2.05) is 48.5 Å². The average molecular weight is 509 g/mol. The zero-order chi connectivity index (χ0) is 26.3. The van der Waals surface area contributed by atoms with E-state index in [0.717, 1.165) is 27.6 Å². The number of furan rings is 1. The van der Waals surface area contributed by atoms with Crippen molar-refractivity contribution in [3.63, 3.8) is 0 Å². The van der Waals surface area contributed by atoms with Crippen molar-refractivity contribution in [2.75, 3.05) is 17.2 Å². The minimum atomic E-state index is -0.296. The average Bonchev–Trinajstić information content (AvgIpc) is 3.38. The second-order valence-corrected chi connectivity index (χ2v) is 8.58. The Morgan fingerprint density at radius 3 is 2.63 bits per heavy atom. The fraction of sp³-hybridized carbons (Fsp3) is 0.100. The largest absolute Gasteiger partial charge is 0.445 e. The lowest BCUT2D eigenvalue weighted by Crippen LogP contribution is -2.18. The van der Waals surface area contributed by atoms with Crippen LogP contribution in [0.1, 0.15) is 17.2 Å². The van der Waals surface area contributed by atoms with Gasteiger partial charge >= 0.3 is 0 Å². The second-order valence-electron chi connectivity index (χ2n) is 8.58. The first-order valence-corrected chi connectivity index (χ1v) is 12.0. The fourth-order valence-electron chi connectivity index (χ4n) is 4.12. The Hall–Kier alpha value is -4.82. The van der Waals surface area contributed by atoms with E-state index in [1.54, 1.807) is 24.5 Å². The van der Waals surface area contributed by atoms with E-state index in [0.29, 0.717) is 23.8 Å². The maximum atomic E-state index is 13.6. The molecule has 0 aliphatic carbocycles. The van der Waals surface area contributed by atoms with Crippen LogP contribution < -0.4 is 10.6 Å². The summed E-state index contributed by atoms with van der Waals surface area (Å²) in [5.41, 5.74) is 4.53. The highest BCUT2D eigenvalue weighted by Gasteiger charge is 2.19. The molecule has 2 aromatic heterocycles. The van der Waals surface area contributed by atoms with E-state index in [2.05, 4.69) is 27.2 Å². The molecule has 3 aromatic carbocycles. The van der Waals surface area contributed by atoms with Gasteiger partial charge in [-0.05, 0) is 47.0 Å². The second kappa shape index (κ2) is 11.5. The first kappa shape index (κ1) is 24.9. The van der Waals surface area contributed by atoms with Crippen LogP contribution in [0.15, 0.2) is 109 Å². The zero-order valence-electron chi connectivity index (χ0n) is 20.4. The van der Waals surface area contributed by atoms with Crippen molar-refractivity contribution in [2.24, 2.45) is 0 Å². The highest BCUT2D eigenvalue weighted by molar-refractivity contribution is 6.01. The van der Waals surface area contributed by atoms with E-state index in [-0.39, 0.29) is 24.4 Å². The van der Waals surface area contributed by atoms with Crippen LogP contribution >= 0.6 is 0 Å². The lowest BCUT2D eigenvalue weighted by Gasteiger charge is -2.20. The third-order valence-corrected chi connectivity index (χ3v) is 5.97. The Morgan fingerprint density at radius 2 is 1.87 bits per heavy atom. The van der Waals surface area contributed by atoms with E-state index in [1.165, 1.54) is 24.5 Å². The molecule has 38 heavy (non-hydrogen) atoms. The molecular weight excluding hydrogens is 483 g/mol. The quantitative estimate of drug-likeness (QED) is 0.209. The molecule has 5 aromatic rings. The maximum absolute atomic E-state index is 13.6. The van der Waals surface area contributed by atoms with Crippen LogP contribution in [0, 0.1) is 5.82 Å². The number of hydrogen-bond donors (Lipinski definition) is 2. The predicted octanol–water partition coefficient (Wildman–Crippen LogP) is 6.52. The SMILES string of the molecule is C=CC(=O)Nc1ccc(-c2coc3ncnc(N[C@H](COCc4cccc(F)c4)c4ccccc4)c23)cc1. The number of halogens is 1. The van der Waals surface area contributed by atoms with Gasteiger partial charge in [-0.2, -0.15) is 0 Å². The molecule has 0 spiro atoms. The van der Waals surface area contributed by atoms with Crippen LogP contribution in [-0.2, 0) is 16.1 Å². The lowest BCUT2D eigenvalue weighted by atomic mass is 10.0. The van der Waals surface area contributed by atoms with Crippen LogP contribution in [0.2, 0.25) is 0 Å². The Kier molecular flexibility index (Phi) is 7.52. The van der Waals surface area contributed by atoms with Crippen molar-refractivity contribution in [3.05, 3.63) is 121 Å². The highest BCUT2D eigenvalue weighted by atomic mass is 19.1. The molecule has 190 valence electrons. The molecule has 8 heteroatoms. The summed E-state index contributed by atoms with van der Waals surface area (Å²) in [5, 5.41) is 6.96. The Morgan fingerprint density at radius 1 is 1.05 bits per heavy atom. The number of carbonyl (C=O) groups is 1. The molecule has 0 bridgehead atoms. The van der Waals surface area contributed by atoms with Crippen LogP contribution in [0.3, 0.4) is 0 Å². The topological polar surface area (TPSA) is 89.3 Å². The van der Waals surface area contributed by atoms with Crippen LogP contribution in [0.5, 0.6) is 0 Å². The van der Waals surface area contributed by atoms with Gasteiger partial charge in [0, 0.05) is 11.3 Å². The standard InChI is InChI=1S/C30H25FN4O3/c1-2-27(36)34-24-13-11-21(12-14-24)25-17-38-30-28(25)29(32-19-33-30)35-26(22-8-4-3-5-9-22)18-37-16-20-7-6-10-23(31)15-20/h2-15,17,19,26H,1,16,18H2,(H,34,36)(H,32,33,35)/t26-/m1/s1. The fourth-order valence-corrected chi connectivity index (χ4v) is 4.12. The number of amides is 1. The minimum Gasteiger partial charge on any atom is -0.445 e. The molecule has 7 nitrogen and oxygen atoms in total. The summed E-state index contributed by atoms with van der Waals surface area (Å²) in [4.78, 5) is 20.4. The van der Waals surface area contributed by atoms with Crippen molar-refractivity contribution in [1.29, 1.82) is 0 Å². The van der Waals surface area contributed by atoms with E-state index in [4.69, 9.17) is 9.15 Å². The van der Waals surface area contributed by atoms with Gasteiger partial charge in [0.1, 0.15) is 24.2 Å². The molecule has 1 amide bonds. The Labute approximate surface area is 219 Å². The summed E-state index contributed by atoms with van der Waals surface area (Å²) < 4.78 is 25.3. The summed E-state index contributed by atoms with van der Waals surface area (Å²) in [6.45, 7) is 4.06. The van der Waals surface area contributed by atoms with E-state index in [9.17, 15) is 9.18 Å². The number of anilines is 2. The number of nitrogens with one attached hydrogen (secondary N) is 2. The summed E-state index contributed by atoms with van der Waals surface area (Å²) in [6, 6.07) is 23.4. The molecule has 2 heterocycles. The first-order valence-electron chi connectivity index (χ1n) is 12.0. The summed E-state index contributed by atoms with van der Waals surface area (Å²) in [6.07, 6.45) is 4.30. The Balaban J connectivity index is 1.42. The summed E-state index contributed by atoms with van der Waals surface area (Å²) in [7, 11) is 0. The van der Waals surface area contributed by atoms with Crippen LogP contribution in [0.25, 0.3) is 22.2 Å². The molecule has 0 saturated carbocycles. The lowest BCUT2D eigenvalue weighted by molar-refractivity contribution is -0.111. The Bertz CT molecular complexity index is 1550. The molecule has 0 fully saturated rings. The number of hydrogen-bond acceptors (Lipinski definition) is 6. The van der Waals surface area contributed by atoms with Crippen molar-refractivity contribution in [2.45, 2.75) is 12.6 Å². The van der Waals surface area contributed by atoms with Crippen molar-refractivity contribution in [3.8, 4) is 11.1 Å². The number of nitrogens with zero attached hydrogens (tertiary/aromatic N) is 2. The van der Waals surface area contributed by atoms with Crippen LogP contribution in [0.4, 0.5) is 15.9 Å². The number of ether oxygens (including phenoxy) is 1. The van der Waals surface area contributed by atoms with Gasteiger partial charge in [0.25, 0.3) is 0 Å². The van der Waals surface area contributed by atoms with Gasteiger partial charge in [-0.3, -0.25) is 4.79 Å². The number of fused-ring (bicyclic) bond motifs is 1. The van der Waals surface area contributed by atoms with Gasteiger partial charge < -0.3 is 19.8 Å². The highest BCUT2D eigenvalue weighted by Crippen LogP contribution is 2.35. The molecular formula is C30H25FN4O3. The van der Waals surface area contributed by atoms with Gasteiger partial charge in [-0.25, -0.2) is 14.4 Å². The van der Waals surface area contributed by atoms with Gasteiger partial charge in [-0.15, -0.1) is 0 Å². The molecule has 0 unspecified atom stereocenters. The number of aromatic nitrogens is 2. The zero-order valence-corrected chi connectivity index (χ0v) is 20.4. The molecule has 0 aliphatic rings. The third-order valence-electron chi connectivity index (χ3n) is 5.97. The van der Waals surface area contributed by atoms with Gasteiger partial charge in [-0.1, -0.05) is 61.2 Å². The van der Waals surface area contributed by atoms with Crippen molar-refractivity contribution < 1.29 is 18.3 Å². The van der Waals surface area contributed by atoms with E-state index < -0.39 is 0 Å². The normalized spacial score (nSPS) is 11.7. The molecule has 0 saturated heterocycles. The van der Waals surface area contributed by atoms with Crippen molar-refractivity contribution in [1.82, 2.24) is 9.97 Å². The predicted molar refractivity (Wildman–Crippen MR) is 145 cm³/mol. The molecule has 0 aliphatic heterocycles. The molecule has 0 radical (unpaired) electrons. The van der Waals surface area contributed by atoms with Gasteiger partial charge in [0.15, 0.2) is 0 Å². The first-order chi connectivity index (χ1) is 18.6.